The Balaban J connectivity index is 2.21. The number of hydroxylamine groups is 2. The number of hydrogen-bond acceptors (Lipinski definition) is 2. The predicted octanol–water partition coefficient (Wildman–Crippen LogP) is 3.39. The molecule has 0 saturated carbocycles. The van der Waals surface area contributed by atoms with E-state index < -0.39 is 5.66 Å². The molecule has 4 nitrogen and oxygen atoms in total. The Morgan fingerprint density at radius 2 is 1.64 bits per heavy atom. The van der Waals surface area contributed by atoms with Gasteiger partial charge in [0.25, 0.3) is 5.71 Å². The zero-order chi connectivity index (χ0) is 15.9. The third kappa shape index (κ3) is 1.99. The fourth-order valence-corrected chi connectivity index (χ4v) is 2.94. The van der Waals surface area contributed by atoms with E-state index in [-0.39, 0.29) is 0 Å². The van der Waals surface area contributed by atoms with Gasteiger partial charge >= 0.3 is 11.4 Å². The smallest absolute Gasteiger partial charge is 0.431 e. The maximum Gasteiger partial charge on any atom is 0.431 e. The van der Waals surface area contributed by atoms with Crippen LogP contribution < -0.4 is 0 Å². The van der Waals surface area contributed by atoms with Gasteiger partial charge in [-0.25, -0.2) is 0 Å². The van der Waals surface area contributed by atoms with Crippen molar-refractivity contribution in [1.29, 1.82) is 0 Å². The van der Waals surface area contributed by atoms with Crippen LogP contribution in [0.3, 0.4) is 0 Å². The molecule has 1 aliphatic rings. The van der Waals surface area contributed by atoms with Crippen molar-refractivity contribution < 1.29 is 14.7 Å². The van der Waals surface area contributed by atoms with E-state index in [1.807, 2.05) is 30.3 Å². The number of rotatable bonds is 2. The molecule has 2 aromatic carbocycles. The number of halogens is 1. The van der Waals surface area contributed by atoms with Crippen LogP contribution in [-0.2, 0) is 5.66 Å². The van der Waals surface area contributed by atoms with Crippen molar-refractivity contribution in [2.75, 3.05) is 0 Å². The Labute approximate surface area is 133 Å². The van der Waals surface area contributed by atoms with Crippen molar-refractivity contribution in [3.8, 4) is 0 Å². The van der Waals surface area contributed by atoms with Crippen LogP contribution in [0.1, 0.15) is 25.0 Å². The van der Waals surface area contributed by atoms with Crippen LogP contribution >= 0.6 is 11.6 Å². The van der Waals surface area contributed by atoms with Gasteiger partial charge in [-0.05, 0) is 36.4 Å². The molecule has 0 bridgehead atoms. The first-order valence-corrected chi connectivity index (χ1v) is 7.33. The van der Waals surface area contributed by atoms with Gasteiger partial charge in [-0.3, -0.25) is 5.21 Å². The number of benzene rings is 2. The second-order valence-electron chi connectivity index (χ2n) is 5.43. The Kier molecular flexibility index (Phi) is 3.41. The third-order valence-electron chi connectivity index (χ3n) is 4.11. The standard InChI is InChI=1S/C17H16ClN2O2/c1-12-16(13-6-4-3-5-7-13)20(22)17(2,19(12)21)14-8-10-15(18)11-9-14/h3-11,22H,1-2H3/q+1/t17-/m1/s1. The normalized spacial score (nSPS) is 21.6. The number of nitrogens with zero attached hydrogens (tertiary/aromatic N) is 2. The lowest BCUT2D eigenvalue weighted by atomic mass is 10.0. The first kappa shape index (κ1) is 14.6. The maximum atomic E-state index is 12.7. The molecule has 2 aromatic rings. The molecule has 0 fully saturated rings. The van der Waals surface area contributed by atoms with Crippen LogP contribution in [0.15, 0.2) is 54.6 Å². The zero-order valence-electron chi connectivity index (χ0n) is 12.3. The van der Waals surface area contributed by atoms with Crippen LogP contribution in [0.2, 0.25) is 5.02 Å². The molecule has 1 N–H and O–H groups in total. The maximum absolute atomic E-state index is 12.7. The van der Waals surface area contributed by atoms with Crippen molar-refractivity contribution >= 4 is 23.0 Å². The Morgan fingerprint density at radius 3 is 2.23 bits per heavy atom. The molecule has 3 rings (SSSR count). The molecule has 0 aliphatic carbocycles. The second kappa shape index (κ2) is 5.14. The van der Waals surface area contributed by atoms with Gasteiger partial charge in [-0.15, -0.1) is 4.74 Å². The molecular weight excluding hydrogens is 300 g/mol. The van der Waals surface area contributed by atoms with Crippen molar-refractivity contribution in [2.45, 2.75) is 19.5 Å². The Bertz CT molecular complexity index is 782. The van der Waals surface area contributed by atoms with Gasteiger partial charge in [-0.2, -0.15) is 0 Å². The van der Waals surface area contributed by atoms with Crippen molar-refractivity contribution in [3.05, 3.63) is 76.0 Å². The summed E-state index contributed by atoms with van der Waals surface area (Å²) in [5, 5.41) is 24.0. The van der Waals surface area contributed by atoms with Gasteiger partial charge in [0.15, 0.2) is 0 Å². The molecule has 1 heterocycles. The lowest BCUT2D eigenvalue weighted by molar-refractivity contribution is -0.929. The van der Waals surface area contributed by atoms with Crippen molar-refractivity contribution in [1.82, 2.24) is 0 Å². The highest BCUT2D eigenvalue weighted by molar-refractivity contribution is 6.44. The minimum Gasteiger partial charge on any atom is -0.618 e. The molecule has 0 unspecified atom stereocenters. The molecule has 1 atom stereocenters. The van der Waals surface area contributed by atoms with E-state index >= 15 is 0 Å². The third-order valence-corrected chi connectivity index (χ3v) is 4.36. The molecule has 5 heteroatoms. The minimum absolute atomic E-state index is 0.464. The van der Waals surface area contributed by atoms with E-state index in [1.54, 1.807) is 38.1 Å². The molecule has 0 saturated heterocycles. The number of hydrogen-bond donors (Lipinski definition) is 1. The molecule has 0 spiro atoms. The van der Waals surface area contributed by atoms with E-state index in [9.17, 15) is 10.4 Å². The lowest BCUT2D eigenvalue weighted by Gasteiger charge is -2.17. The highest BCUT2D eigenvalue weighted by Gasteiger charge is 2.58. The quantitative estimate of drug-likeness (QED) is 0.524. The minimum atomic E-state index is -1.22. The van der Waals surface area contributed by atoms with Crippen LogP contribution in [-0.4, -0.2) is 26.1 Å². The molecular formula is C17H16ClN2O2+. The van der Waals surface area contributed by atoms with E-state index in [0.29, 0.717) is 22.0 Å². The molecule has 1 aliphatic heterocycles. The van der Waals surface area contributed by atoms with Gasteiger partial charge in [-0.1, -0.05) is 29.8 Å². The highest BCUT2D eigenvalue weighted by atomic mass is 35.5. The molecule has 0 aromatic heterocycles. The van der Waals surface area contributed by atoms with E-state index in [4.69, 9.17) is 11.6 Å². The zero-order valence-corrected chi connectivity index (χ0v) is 13.1. The van der Waals surface area contributed by atoms with Crippen molar-refractivity contribution in [2.24, 2.45) is 0 Å². The summed E-state index contributed by atoms with van der Waals surface area (Å²) < 4.78 is 1.87. The SMILES string of the molecule is CC1=[N+]([O-])[C@@](C)(c2ccc(Cl)cc2)[N+](O)=C1c1ccccc1. The van der Waals surface area contributed by atoms with Gasteiger partial charge in [0.05, 0.1) is 22.8 Å². The molecule has 0 radical (unpaired) electrons. The van der Waals surface area contributed by atoms with E-state index in [0.717, 1.165) is 15.0 Å². The summed E-state index contributed by atoms with van der Waals surface area (Å²) in [5.74, 6) is 0. The fraction of sp³-hybridized carbons (Fsp3) is 0.176. The van der Waals surface area contributed by atoms with Gasteiger partial charge in [0.2, 0.25) is 0 Å². The van der Waals surface area contributed by atoms with Gasteiger partial charge < -0.3 is 5.21 Å². The molecule has 112 valence electrons. The van der Waals surface area contributed by atoms with E-state index in [2.05, 4.69) is 0 Å². The summed E-state index contributed by atoms with van der Waals surface area (Å²) in [6.07, 6.45) is 0. The Hall–Kier alpha value is -2.33. The monoisotopic (exact) mass is 315 g/mol. The lowest BCUT2D eigenvalue weighted by Crippen LogP contribution is -2.40. The second-order valence-corrected chi connectivity index (χ2v) is 5.87. The summed E-state index contributed by atoms with van der Waals surface area (Å²) in [6.45, 7) is 3.39. The van der Waals surface area contributed by atoms with E-state index in [1.165, 1.54) is 0 Å². The summed E-state index contributed by atoms with van der Waals surface area (Å²) >= 11 is 5.91. The summed E-state index contributed by atoms with van der Waals surface area (Å²) in [4.78, 5) is 0. The highest BCUT2D eigenvalue weighted by Crippen LogP contribution is 2.31. The first-order chi connectivity index (χ1) is 10.5. The fourth-order valence-electron chi connectivity index (χ4n) is 2.81. The van der Waals surface area contributed by atoms with Crippen LogP contribution in [0.25, 0.3) is 0 Å². The van der Waals surface area contributed by atoms with Crippen molar-refractivity contribution in [3.63, 3.8) is 0 Å². The average Bonchev–Trinajstić information content (AvgIpc) is 2.71. The van der Waals surface area contributed by atoms with Crippen LogP contribution in [0, 0.1) is 5.21 Å². The first-order valence-electron chi connectivity index (χ1n) is 6.95. The van der Waals surface area contributed by atoms with Crippen LogP contribution in [0.4, 0.5) is 0 Å². The average molecular weight is 316 g/mol. The summed E-state index contributed by atoms with van der Waals surface area (Å²) in [5.41, 5.74) is 1.21. The molecule has 0 amide bonds. The molecule has 22 heavy (non-hydrogen) atoms. The van der Waals surface area contributed by atoms with Gasteiger partial charge in [0.1, 0.15) is 0 Å². The predicted molar refractivity (Wildman–Crippen MR) is 85.7 cm³/mol. The summed E-state index contributed by atoms with van der Waals surface area (Å²) in [7, 11) is 0. The largest absolute Gasteiger partial charge is 0.618 e. The summed E-state index contributed by atoms with van der Waals surface area (Å²) in [6, 6.07) is 16.3. The topological polar surface area (TPSA) is 49.3 Å². The van der Waals surface area contributed by atoms with Gasteiger partial charge in [0, 0.05) is 11.9 Å². The van der Waals surface area contributed by atoms with Crippen LogP contribution in [0.5, 0.6) is 0 Å². The Morgan fingerprint density at radius 1 is 1.05 bits per heavy atom.